The second-order valence-corrected chi connectivity index (χ2v) is 6.58. The summed E-state index contributed by atoms with van der Waals surface area (Å²) in [5, 5.41) is 11.8. The van der Waals surface area contributed by atoms with Gasteiger partial charge < -0.3 is 14.4 Å². The van der Waals surface area contributed by atoms with Crippen LogP contribution >= 0.6 is 0 Å². The molecule has 0 radical (unpaired) electrons. The van der Waals surface area contributed by atoms with Gasteiger partial charge in [0.15, 0.2) is 0 Å². The van der Waals surface area contributed by atoms with E-state index < -0.39 is 35.3 Å². The number of fused-ring (bicyclic) bond motifs is 1. The highest BCUT2D eigenvalue weighted by Gasteiger charge is 2.53. The van der Waals surface area contributed by atoms with Gasteiger partial charge in [-0.15, -0.1) is 13.2 Å². The Hall–Kier alpha value is -2.96. The van der Waals surface area contributed by atoms with Crippen LogP contribution in [-0.4, -0.2) is 31.0 Å². The molecule has 0 aromatic heterocycles. The predicted octanol–water partition coefficient (Wildman–Crippen LogP) is 2.81. The van der Waals surface area contributed by atoms with E-state index in [2.05, 4.69) is 10.1 Å². The van der Waals surface area contributed by atoms with Gasteiger partial charge in [-0.1, -0.05) is 0 Å². The van der Waals surface area contributed by atoms with Gasteiger partial charge in [-0.2, -0.15) is 5.26 Å². The summed E-state index contributed by atoms with van der Waals surface area (Å²) in [6.07, 6.45) is -6.01. The molecule has 0 saturated heterocycles. The van der Waals surface area contributed by atoms with Gasteiger partial charge in [-0.3, -0.25) is 10.1 Å². The van der Waals surface area contributed by atoms with E-state index in [1.807, 2.05) is 0 Å². The van der Waals surface area contributed by atoms with Crippen LogP contribution in [0.2, 0.25) is 0 Å². The number of nitrogens with one attached hydrogen (secondary N) is 1. The molecule has 10 heteroatoms. The molecule has 2 amide bonds. The number of ether oxygens (including phenoxy) is 2. The van der Waals surface area contributed by atoms with Crippen molar-refractivity contribution in [1.29, 1.82) is 5.26 Å². The maximum Gasteiger partial charge on any atom is 0.573 e. The van der Waals surface area contributed by atoms with Gasteiger partial charge in [0.1, 0.15) is 17.4 Å². The Morgan fingerprint density at radius 1 is 1.31 bits per heavy atom. The second-order valence-electron chi connectivity index (χ2n) is 6.58. The highest BCUT2D eigenvalue weighted by Crippen LogP contribution is 2.42. The molecule has 1 aliphatic rings. The van der Waals surface area contributed by atoms with Crippen LogP contribution in [-0.2, 0) is 15.1 Å². The number of carbonyl (C=O) groups excluding carboxylic acids is 2. The lowest BCUT2D eigenvalue weighted by Gasteiger charge is -2.25. The van der Waals surface area contributed by atoms with E-state index in [1.165, 1.54) is 13.1 Å². The summed E-state index contributed by atoms with van der Waals surface area (Å²) in [6.45, 7) is 4.74. The first-order chi connectivity index (χ1) is 11.8. The van der Waals surface area contributed by atoms with E-state index in [4.69, 9.17) is 4.74 Å². The molecule has 1 aliphatic heterocycles. The molecule has 0 fully saturated rings. The van der Waals surface area contributed by atoms with Gasteiger partial charge in [0.25, 0.3) is 5.91 Å². The van der Waals surface area contributed by atoms with Crippen LogP contribution < -0.4 is 15.0 Å². The molecule has 26 heavy (non-hydrogen) atoms. The van der Waals surface area contributed by atoms with E-state index in [9.17, 15) is 28.0 Å². The fourth-order valence-corrected chi connectivity index (χ4v) is 2.49. The van der Waals surface area contributed by atoms with Crippen molar-refractivity contribution in [1.82, 2.24) is 5.32 Å². The molecule has 2 rings (SSSR count). The normalized spacial score (nSPS) is 19.6. The number of alkyl carbamates (subject to hydrolysis) is 1. The molecule has 0 bridgehead atoms. The highest BCUT2D eigenvalue weighted by atomic mass is 19.4. The number of hydrogen-bond acceptors (Lipinski definition) is 5. The third kappa shape index (κ3) is 3.66. The number of halogens is 3. The smallest absolute Gasteiger partial charge is 0.444 e. The van der Waals surface area contributed by atoms with Crippen LogP contribution in [0.1, 0.15) is 26.3 Å². The molecule has 0 saturated carbocycles. The number of benzene rings is 1. The number of hydrogen-bond donors (Lipinski definition) is 1. The summed E-state index contributed by atoms with van der Waals surface area (Å²) in [5.74, 6) is -1.45. The van der Waals surface area contributed by atoms with Crippen molar-refractivity contribution < 1.29 is 32.2 Å². The summed E-state index contributed by atoms with van der Waals surface area (Å²) in [4.78, 5) is 25.7. The molecule has 0 spiro atoms. The van der Waals surface area contributed by atoms with Gasteiger partial charge in [0.05, 0.1) is 5.69 Å². The van der Waals surface area contributed by atoms with Gasteiger partial charge in [0, 0.05) is 12.6 Å². The Balaban J connectivity index is 2.49. The molecular formula is C16H16F3N3O4. The first-order valence-corrected chi connectivity index (χ1v) is 7.40. The molecule has 140 valence electrons. The minimum atomic E-state index is -4.95. The summed E-state index contributed by atoms with van der Waals surface area (Å²) in [6, 6.07) is 4.78. The van der Waals surface area contributed by atoms with Gasteiger partial charge in [-0.05, 0) is 39.0 Å². The third-order valence-corrected chi connectivity index (χ3v) is 3.45. The van der Waals surface area contributed by atoms with Crippen LogP contribution in [0.3, 0.4) is 0 Å². The van der Waals surface area contributed by atoms with Crippen molar-refractivity contribution in [3.8, 4) is 11.8 Å². The molecule has 1 N–H and O–H groups in total. The van der Waals surface area contributed by atoms with E-state index in [1.54, 1.807) is 26.8 Å². The van der Waals surface area contributed by atoms with E-state index >= 15 is 0 Å². The number of anilines is 1. The Kier molecular flexibility index (Phi) is 4.53. The van der Waals surface area contributed by atoms with Crippen LogP contribution in [0.4, 0.5) is 23.7 Å². The lowest BCUT2D eigenvalue weighted by Crippen LogP contribution is -2.52. The van der Waals surface area contributed by atoms with Crippen molar-refractivity contribution in [3.05, 3.63) is 23.8 Å². The maximum absolute atomic E-state index is 12.6. The molecule has 0 unspecified atom stereocenters. The topological polar surface area (TPSA) is 91.7 Å². The minimum absolute atomic E-state index is 0.139. The Morgan fingerprint density at radius 2 is 1.92 bits per heavy atom. The molecule has 1 aromatic carbocycles. The van der Waals surface area contributed by atoms with E-state index in [0.717, 1.165) is 17.0 Å². The van der Waals surface area contributed by atoms with Crippen LogP contribution in [0.25, 0.3) is 0 Å². The molecule has 7 nitrogen and oxygen atoms in total. The number of alkyl halides is 3. The molecular weight excluding hydrogens is 355 g/mol. The van der Waals surface area contributed by atoms with Crippen molar-refractivity contribution in [2.24, 2.45) is 0 Å². The number of carbonyl (C=O) groups is 2. The minimum Gasteiger partial charge on any atom is -0.444 e. The zero-order valence-electron chi connectivity index (χ0n) is 14.4. The van der Waals surface area contributed by atoms with Crippen molar-refractivity contribution >= 4 is 17.7 Å². The lowest BCUT2D eigenvalue weighted by atomic mass is 9.93. The molecule has 0 aliphatic carbocycles. The number of nitrogens with zero attached hydrogens (tertiary/aromatic N) is 2. The van der Waals surface area contributed by atoms with Crippen molar-refractivity contribution in [3.63, 3.8) is 0 Å². The summed E-state index contributed by atoms with van der Waals surface area (Å²) in [5.41, 5.74) is -3.10. The van der Waals surface area contributed by atoms with E-state index in [0.29, 0.717) is 0 Å². The fraction of sp³-hybridized carbons (Fsp3) is 0.438. The summed E-state index contributed by atoms with van der Waals surface area (Å²) in [7, 11) is 1.33. The second kappa shape index (κ2) is 6.09. The zero-order valence-corrected chi connectivity index (χ0v) is 14.4. The fourth-order valence-electron chi connectivity index (χ4n) is 2.49. The monoisotopic (exact) mass is 371 g/mol. The number of likely N-dealkylation sites (N-methyl/N-ethyl adjacent to an activating group) is 1. The van der Waals surface area contributed by atoms with Gasteiger partial charge in [0.2, 0.25) is 5.54 Å². The third-order valence-electron chi connectivity index (χ3n) is 3.45. The van der Waals surface area contributed by atoms with Crippen LogP contribution in [0.15, 0.2) is 18.2 Å². The lowest BCUT2D eigenvalue weighted by molar-refractivity contribution is -0.274. The Morgan fingerprint density at radius 3 is 2.42 bits per heavy atom. The largest absolute Gasteiger partial charge is 0.573 e. The molecule has 1 aromatic rings. The van der Waals surface area contributed by atoms with Crippen molar-refractivity contribution in [2.45, 2.75) is 38.3 Å². The number of nitriles is 1. The van der Waals surface area contributed by atoms with Gasteiger partial charge >= 0.3 is 12.5 Å². The van der Waals surface area contributed by atoms with Crippen molar-refractivity contribution in [2.75, 3.05) is 11.9 Å². The average Bonchev–Trinajstić information content (AvgIpc) is 2.66. The first-order valence-electron chi connectivity index (χ1n) is 7.40. The number of rotatable bonds is 2. The average molecular weight is 371 g/mol. The first kappa shape index (κ1) is 19.4. The van der Waals surface area contributed by atoms with Crippen LogP contribution in [0, 0.1) is 11.3 Å². The Labute approximate surface area is 147 Å². The quantitative estimate of drug-likeness (QED) is 0.863. The van der Waals surface area contributed by atoms with Gasteiger partial charge in [-0.25, -0.2) is 4.79 Å². The Bertz CT molecular complexity index is 795. The highest BCUT2D eigenvalue weighted by molar-refractivity contribution is 6.11. The number of amides is 2. The molecule has 1 heterocycles. The van der Waals surface area contributed by atoms with E-state index in [-0.39, 0.29) is 11.3 Å². The summed E-state index contributed by atoms with van der Waals surface area (Å²) < 4.78 is 46.3. The summed E-state index contributed by atoms with van der Waals surface area (Å²) >= 11 is 0. The molecule has 1 atom stereocenters. The standard InChI is InChI=1S/C16H16F3N3O4/c1-14(2,3)26-13(24)21-15(8-20)10-7-9(25-16(17,18)19)5-6-11(10)22(4)12(15)23/h5-7H,1-4H3,(H,21,24)/t15-/m0/s1. The predicted molar refractivity (Wildman–Crippen MR) is 83.2 cm³/mol. The van der Waals surface area contributed by atoms with Crippen LogP contribution in [0.5, 0.6) is 5.75 Å². The zero-order chi connectivity index (χ0) is 19.9. The maximum atomic E-state index is 12.6. The SMILES string of the molecule is CN1C(=O)[C@@](C#N)(NC(=O)OC(C)(C)C)c2cc(OC(F)(F)F)ccc21.